The Morgan fingerprint density at radius 2 is 2.05 bits per heavy atom. The lowest BCUT2D eigenvalue weighted by atomic mass is 9.98. The number of anilines is 1. The molecule has 0 bridgehead atoms. The average Bonchev–Trinajstić information content (AvgIpc) is 2.42. The third kappa shape index (κ3) is 3.40. The van der Waals surface area contributed by atoms with Gasteiger partial charge in [0.25, 0.3) is 0 Å². The highest BCUT2D eigenvalue weighted by Gasteiger charge is 2.19. The SMILES string of the molecule is CCOC(=O)c1cccc(OC2CCCCC2)c1N. The number of ether oxygens (including phenoxy) is 2. The first-order chi connectivity index (χ1) is 9.22. The normalized spacial score (nSPS) is 16.1. The monoisotopic (exact) mass is 263 g/mol. The highest BCUT2D eigenvalue weighted by Crippen LogP contribution is 2.30. The predicted molar refractivity (Wildman–Crippen MR) is 74.3 cm³/mol. The maximum atomic E-state index is 11.8. The minimum Gasteiger partial charge on any atom is -0.488 e. The van der Waals surface area contributed by atoms with Gasteiger partial charge in [-0.3, -0.25) is 0 Å². The summed E-state index contributed by atoms with van der Waals surface area (Å²) in [6.45, 7) is 2.11. The number of nitrogen functional groups attached to an aromatic ring is 1. The van der Waals surface area contributed by atoms with Crippen molar-refractivity contribution in [2.24, 2.45) is 0 Å². The lowest BCUT2D eigenvalue weighted by Gasteiger charge is -2.24. The molecule has 4 nitrogen and oxygen atoms in total. The second-order valence-electron chi connectivity index (χ2n) is 4.82. The molecule has 0 unspecified atom stereocenters. The fraction of sp³-hybridized carbons (Fsp3) is 0.533. The third-order valence-electron chi connectivity index (χ3n) is 3.41. The Bertz CT molecular complexity index is 439. The zero-order valence-corrected chi connectivity index (χ0v) is 11.4. The minimum atomic E-state index is -0.394. The number of para-hydroxylation sites is 1. The van der Waals surface area contributed by atoms with E-state index in [1.165, 1.54) is 19.3 Å². The van der Waals surface area contributed by atoms with Crippen LogP contribution in [0.3, 0.4) is 0 Å². The van der Waals surface area contributed by atoms with E-state index >= 15 is 0 Å². The molecule has 0 heterocycles. The summed E-state index contributed by atoms with van der Waals surface area (Å²) in [6, 6.07) is 5.26. The summed E-state index contributed by atoms with van der Waals surface area (Å²) in [5.74, 6) is 0.201. The van der Waals surface area contributed by atoms with Gasteiger partial charge in [-0.15, -0.1) is 0 Å². The first-order valence-corrected chi connectivity index (χ1v) is 6.94. The quantitative estimate of drug-likeness (QED) is 0.669. The highest BCUT2D eigenvalue weighted by molar-refractivity contribution is 5.96. The molecule has 1 aliphatic carbocycles. The van der Waals surface area contributed by atoms with Gasteiger partial charge in [0.05, 0.1) is 24.0 Å². The molecule has 0 radical (unpaired) electrons. The van der Waals surface area contributed by atoms with Crippen molar-refractivity contribution in [3.63, 3.8) is 0 Å². The van der Waals surface area contributed by atoms with E-state index in [2.05, 4.69) is 0 Å². The molecule has 1 fully saturated rings. The van der Waals surface area contributed by atoms with Gasteiger partial charge < -0.3 is 15.2 Å². The Balaban J connectivity index is 2.12. The smallest absolute Gasteiger partial charge is 0.340 e. The first-order valence-electron chi connectivity index (χ1n) is 6.94. The van der Waals surface area contributed by atoms with E-state index in [0.717, 1.165) is 12.8 Å². The summed E-state index contributed by atoms with van der Waals surface area (Å²) >= 11 is 0. The molecule has 2 rings (SSSR count). The number of carbonyl (C=O) groups is 1. The molecule has 2 N–H and O–H groups in total. The minimum absolute atomic E-state index is 0.216. The Morgan fingerprint density at radius 1 is 1.32 bits per heavy atom. The van der Waals surface area contributed by atoms with Crippen molar-refractivity contribution in [1.82, 2.24) is 0 Å². The summed E-state index contributed by atoms with van der Waals surface area (Å²) in [6.07, 6.45) is 6.00. The maximum absolute atomic E-state index is 11.8. The maximum Gasteiger partial charge on any atom is 0.340 e. The van der Waals surface area contributed by atoms with Crippen LogP contribution in [0.15, 0.2) is 18.2 Å². The number of benzene rings is 1. The van der Waals surface area contributed by atoms with Crippen LogP contribution in [0.1, 0.15) is 49.4 Å². The van der Waals surface area contributed by atoms with Crippen LogP contribution in [0.25, 0.3) is 0 Å². The Labute approximate surface area is 113 Å². The Morgan fingerprint density at radius 3 is 2.74 bits per heavy atom. The van der Waals surface area contributed by atoms with E-state index in [0.29, 0.717) is 23.6 Å². The van der Waals surface area contributed by atoms with Gasteiger partial charge >= 0.3 is 5.97 Å². The second kappa shape index (κ2) is 6.45. The van der Waals surface area contributed by atoms with E-state index in [-0.39, 0.29) is 6.10 Å². The molecule has 0 spiro atoms. The van der Waals surface area contributed by atoms with Gasteiger partial charge in [0.1, 0.15) is 5.75 Å². The molecule has 1 aliphatic rings. The van der Waals surface area contributed by atoms with Crippen LogP contribution in [0.4, 0.5) is 5.69 Å². The van der Waals surface area contributed by atoms with Gasteiger partial charge in [0, 0.05) is 0 Å². The van der Waals surface area contributed by atoms with Gasteiger partial charge in [0.2, 0.25) is 0 Å². The van der Waals surface area contributed by atoms with Crippen LogP contribution in [0.5, 0.6) is 5.75 Å². The predicted octanol–water partition coefficient (Wildman–Crippen LogP) is 3.16. The number of hydrogen-bond donors (Lipinski definition) is 1. The zero-order chi connectivity index (χ0) is 13.7. The fourth-order valence-electron chi connectivity index (χ4n) is 2.40. The lowest BCUT2D eigenvalue weighted by molar-refractivity contribution is 0.0526. The van der Waals surface area contributed by atoms with Crippen LogP contribution in [0, 0.1) is 0 Å². The standard InChI is InChI=1S/C15H21NO3/c1-2-18-15(17)12-9-6-10-13(14(12)16)19-11-7-4-3-5-8-11/h6,9-11H,2-5,7-8,16H2,1H3. The fourth-order valence-corrected chi connectivity index (χ4v) is 2.40. The molecule has 104 valence electrons. The van der Waals surface area contributed by atoms with Crippen molar-refractivity contribution >= 4 is 11.7 Å². The third-order valence-corrected chi connectivity index (χ3v) is 3.41. The largest absolute Gasteiger partial charge is 0.488 e. The summed E-state index contributed by atoms with van der Waals surface area (Å²) in [5.41, 5.74) is 6.77. The molecule has 0 aliphatic heterocycles. The lowest BCUT2D eigenvalue weighted by Crippen LogP contribution is -2.20. The molecule has 1 aromatic rings. The topological polar surface area (TPSA) is 61.5 Å². The molecule has 0 atom stereocenters. The van der Waals surface area contributed by atoms with Crippen molar-refractivity contribution in [1.29, 1.82) is 0 Å². The van der Waals surface area contributed by atoms with E-state index in [9.17, 15) is 4.79 Å². The number of rotatable bonds is 4. The molecule has 0 aromatic heterocycles. The van der Waals surface area contributed by atoms with Crippen molar-refractivity contribution in [3.8, 4) is 5.75 Å². The van der Waals surface area contributed by atoms with Crippen molar-refractivity contribution in [2.75, 3.05) is 12.3 Å². The van der Waals surface area contributed by atoms with E-state index in [1.807, 2.05) is 6.07 Å². The number of nitrogens with two attached hydrogens (primary N) is 1. The van der Waals surface area contributed by atoms with Crippen LogP contribution in [-0.2, 0) is 4.74 Å². The second-order valence-corrected chi connectivity index (χ2v) is 4.82. The van der Waals surface area contributed by atoms with Gasteiger partial charge in [0.15, 0.2) is 0 Å². The van der Waals surface area contributed by atoms with Crippen molar-refractivity contribution in [3.05, 3.63) is 23.8 Å². The van der Waals surface area contributed by atoms with Gasteiger partial charge in [-0.25, -0.2) is 4.79 Å². The molecule has 4 heteroatoms. The molecular formula is C15H21NO3. The van der Waals surface area contributed by atoms with Crippen LogP contribution in [-0.4, -0.2) is 18.7 Å². The van der Waals surface area contributed by atoms with Crippen LogP contribution >= 0.6 is 0 Å². The Kier molecular flexibility index (Phi) is 4.66. The summed E-state index contributed by atoms with van der Waals surface area (Å²) < 4.78 is 10.9. The number of esters is 1. The van der Waals surface area contributed by atoms with Gasteiger partial charge in [-0.2, -0.15) is 0 Å². The highest BCUT2D eigenvalue weighted by atomic mass is 16.5. The zero-order valence-electron chi connectivity index (χ0n) is 11.4. The summed E-state index contributed by atoms with van der Waals surface area (Å²) in [5, 5.41) is 0. The van der Waals surface area contributed by atoms with Crippen molar-refractivity contribution < 1.29 is 14.3 Å². The molecular weight excluding hydrogens is 242 g/mol. The summed E-state index contributed by atoms with van der Waals surface area (Å²) in [7, 11) is 0. The molecule has 0 amide bonds. The molecule has 1 aromatic carbocycles. The summed E-state index contributed by atoms with van der Waals surface area (Å²) in [4.78, 5) is 11.8. The van der Waals surface area contributed by atoms with E-state index in [4.69, 9.17) is 15.2 Å². The van der Waals surface area contributed by atoms with Crippen molar-refractivity contribution in [2.45, 2.75) is 45.1 Å². The van der Waals surface area contributed by atoms with Crippen LogP contribution in [0.2, 0.25) is 0 Å². The Hall–Kier alpha value is -1.71. The van der Waals surface area contributed by atoms with Crippen LogP contribution < -0.4 is 10.5 Å². The average molecular weight is 263 g/mol. The molecule has 19 heavy (non-hydrogen) atoms. The molecule has 0 saturated heterocycles. The molecule has 1 saturated carbocycles. The van der Waals surface area contributed by atoms with E-state index < -0.39 is 5.97 Å². The number of carbonyl (C=O) groups excluding carboxylic acids is 1. The van der Waals surface area contributed by atoms with Gasteiger partial charge in [-0.05, 0) is 44.7 Å². The first kappa shape index (κ1) is 13.7. The van der Waals surface area contributed by atoms with E-state index in [1.54, 1.807) is 19.1 Å². The van der Waals surface area contributed by atoms with Gasteiger partial charge in [-0.1, -0.05) is 12.5 Å². The number of hydrogen-bond acceptors (Lipinski definition) is 4.